The third kappa shape index (κ3) is 4.27. The summed E-state index contributed by atoms with van der Waals surface area (Å²) < 4.78 is 6.24. The predicted molar refractivity (Wildman–Crippen MR) is 112 cm³/mol. The number of likely N-dealkylation sites (tertiary alicyclic amines) is 1. The van der Waals surface area contributed by atoms with E-state index in [-0.39, 0.29) is 17.9 Å². The molecule has 1 aromatic carbocycles. The van der Waals surface area contributed by atoms with Crippen molar-refractivity contribution < 1.29 is 14.3 Å². The molecular formula is C23H33N3O3. The summed E-state index contributed by atoms with van der Waals surface area (Å²) in [4.78, 5) is 29.6. The van der Waals surface area contributed by atoms with E-state index in [4.69, 9.17) is 4.74 Å². The van der Waals surface area contributed by atoms with E-state index < -0.39 is 5.54 Å². The van der Waals surface area contributed by atoms with Gasteiger partial charge in [-0.3, -0.25) is 9.59 Å². The lowest BCUT2D eigenvalue weighted by atomic mass is 9.97. The quantitative estimate of drug-likeness (QED) is 0.846. The van der Waals surface area contributed by atoms with Crippen molar-refractivity contribution >= 4 is 11.8 Å². The fourth-order valence-electron chi connectivity index (χ4n) is 4.93. The summed E-state index contributed by atoms with van der Waals surface area (Å²) in [5.74, 6) is 0.513. The highest BCUT2D eigenvalue weighted by atomic mass is 16.5. The number of carbonyl (C=O) groups is 2. The normalized spacial score (nSPS) is 23.8. The molecule has 2 heterocycles. The average Bonchev–Trinajstić information content (AvgIpc) is 3.25. The van der Waals surface area contributed by atoms with Gasteiger partial charge < -0.3 is 19.9 Å². The van der Waals surface area contributed by atoms with Crippen molar-refractivity contribution in [1.29, 1.82) is 0 Å². The van der Waals surface area contributed by atoms with Crippen LogP contribution in [0.2, 0.25) is 0 Å². The first-order valence-electron chi connectivity index (χ1n) is 11.1. The van der Waals surface area contributed by atoms with Crippen LogP contribution >= 0.6 is 0 Å². The number of hydrogen-bond acceptors (Lipinski definition) is 4. The summed E-state index contributed by atoms with van der Waals surface area (Å²) >= 11 is 0. The van der Waals surface area contributed by atoms with Gasteiger partial charge in [-0.2, -0.15) is 0 Å². The van der Waals surface area contributed by atoms with Gasteiger partial charge in [0.15, 0.2) is 0 Å². The number of carbonyl (C=O) groups excluding carboxylic acids is 2. The Morgan fingerprint density at radius 3 is 2.55 bits per heavy atom. The Morgan fingerprint density at radius 1 is 1.10 bits per heavy atom. The Bertz CT molecular complexity index is 749. The number of piperazine rings is 1. The first kappa shape index (κ1) is 20.2. The highest BCUT2D eigenvalue weighted by Gasteiger charge is 2.40. The maximum absolute atomic E-state index is 13.1. The monoisotopic (exact) mass is 399 g/mol. The zero-order valence-electron chi connectivity index (χ0n) is 17.7. The zero-order chi connectivity index (χ0) is 20.4. The lowest BCUT2D eigenvalue weighted by Crippen LogP contribution is -2.63. The Hall–Kier alpha value is -2.08. The second-order valence-electron chi connectivity index (χ2n) is 9.09. The molecule has 4 rings (SSSR count). The average molecular weight is 400 g/mol. The number of amides is 2. The molecule has 0 unspecified atom stereocenters. The fourth-order valence-corrected chi connectivity index (χ4v) is 4.93. The topological polar surface area (TPSA) is 61.9 Å². The molecule has 3 fully saturated rings. The number of ether oxygens (including phenoxy) is 1. The SMILES string of the molecule is CC1(C)C(=O)NCCN1C(=O)c1cccc(OC2CCN(C3CCCC3)CC2)c1. The van der Waals surface area contributed by atoms with Crippen molar-refractivity contribution in [3.05, 3.63) is 29.8 Å². The van der Waals surface area contributed by atoms with Gasteiger partial charge >= 0.3 is 0 Å². The highest BCUT2D eigenvalue weighted by Crippen LogP contribution is 2.28. The Balaban J connectivity index is 1.37. The minimum Gasteiger partial charge on any atom is -0.490 e. The molecule has 1 N–H and O–H groups in total. The largest absolute Gasteiger partial charge is 0.490 e. The molecule has 6 nitrogen and oxygen atoms in total. The van der Waals surface area contributed by atoms with Gasteiger partial charge in [-0.25, -0.2) is 0 Å². The van der Waals surface area contributed by atoms with E-state index in [0.717, 1.165) is 37.7 Å². The number of nitrogens with zero attached hydrogens (tertiary/aromatic N) is 2. The number of benzene rings is 1. The van der Waals surface area contributed by atoms with Gasteiger partial charge in [-0.05, 0) is 57.7 Å². The van der Waals surface area contributed by atoms with Crippen molar-refractivity contribution in [2.75, 3.05) is 26.2 Å². The fraction of sp³-hybridized carbons (Fsp3) is 0.652. The van der Waals surface area contributed by atoms with Gasteiger partial charge in [0.2, 0.25) is 5.91 Å². The molecule has 0 aromatic heterocycles. The molecule has 1 aromatic rings. The van der Waals surface area contributed by atoms with Gasteiger partial charge in [0.25, 0.3) is 5.91 Å². The van der Waals surface area contributed by atoms with E-state index in [1.807, 2.05) is 18.2 Å². The van der Waals surface area contributed by atoms with Crippen LogP contribution in [-0.2, 0) is 4.79 Å². The van der Waals surface area contributed by atoms with Gasteiger partial charge in [0.05, 0.1) is 0 Å². The molecule has 3 aliphatic rings. The van der Waals surface area contributed by atoms with Crippen molar-refractivity contribution in [2.45, 2.75) is 70.1 Å². The molecule has 2 aliphatic heterocycles. The minimum atomic E-state index is -0.848. The maximum Gasteiger partial charge on any atom is 0.254 e. The lowest BCUT2D eigenvalue weighted by molar-refractivity contribution is -0.133. The van der Waals surface area contributed by atoms with Crippen molar-refractivity contribution in [3.8, 4) is 5.75 Å². The van der Waals surface area contributed by atoms with Crippen LogP contribution in [0.5, 0.6) is 5.75 Å². The Kier molecular flexibility index (Phi) is 5.81. The Morgan fingerprint density at radius 2 is 1.83 bits per heavy atom. The van der Waals surface area contributed by atoms with Crippen LogP contribution in [0.1, 0.15) is 62.7 Å². The molecule has 2 amide bonds. The van der Waals surface area contributed by atoms with E-state index >= 15 is 0 Å². The number of rotatable bonds is 4. The van der Waals surface area contributed by atoms with Crippen LogP contribution in [0, 0.1) is 0 Å². The molecule has 1 aliphatic carbocycles. The lowest BCUT2D eigenvalue weighted by Gasteiger charge is -2.41. The summed E-state index contributed by atoms with van der Waals surface area (Å²) in [6.45, 7) is 6.79. The molecular weight excluding hydrogens is 366 g/mol. The number of hydrogen-bond donors (Lipinski definition) is 1. The van der Waals surface area contributed by atoms with Crippen LogP contribution < -0.4 is 10.1 Å². The second-order valence-corrected chi connectivity index (χ2v) is 9.09. The second kappa shape index (κ2) is 8.34. The van der Waals surface area contributed by atoms with Crippen LogP contribution in [0.4, 0.5) is 0 Å². The molecule has 6 heteroatoms. The van der Waals surface area contributed by atoms with Crippen LogP contribution in [-0.4, -0.2) is 65.5 Å². The van der Waals surface area contributed by atoms with Crippen LogP contribution in [0.15, 0.2) is 24.3 Å². The number of nitrogens with one attached hydrogen (secondary N) is 1. The summed E-state index contributed by atoms with van der Waals surface area (Å²) in [6.07, 6.45) is 7.72. The van der Waals surface area contributed by atoms with Gasteiger partial charge in [-0.15, -0.1) is 0 Å². The van der Waals surface area contributed by atoms with Gasteiger partial charge in [0, 0.05) is 37.8 Å². The molecule has 2 saturated heterocycles. The van der Waals surface area contributed by atoms with E-state index in [1.165, 1.54) is 25.7 Å². The van der Waals surface area contributed by atoms with Gasteiger partial charge in [0.1, 0.15) is 17.4 Å². The van der Waals surface area contributed by atoms with Crippen LogP contribution in [0.3, 0.4) is 0 Å². The molecule has 0 spiro atoms. The maximum atomic E-state index is 13.1. The standard InChI is InChI=1S/C23H33N3O3/c1-23(2)22(28)24-12-15-26(23)21(27)17-6-5-9-20(16-17)29-19-10-13-25(14-11-19)18-7-3-4-8-18/h5-6,9,16,18-19H,3-4,7-8,10-15H2,1-2H3,(H,24,28). The summed E-state index contributed by atoms with van der Waals surface area (Å²) in [5.41, 5.74) is -0.270. The molecule has 0 bridgehead atoms. The number of piperidine rings is 1. The smallest absolute Gasteiger partial charge is 0.254 e. The summed E-state index contributed by atoms with van der Waals surface area (Å²) in [7, 11) is 0. The first-order chi connectivity index (χ1) is 13.9. The predicted octanol–water partition coefficient (Wildman–Crippen LogP) is 2.82. The first-order valence-corrected chi connectivity index (χ1v) is 11.1. The molecule has 0 radical (unpaired) electrons. The van der Waals surface area contributed by atoms with Crippen molar-refractivity contribution in [3.63, 3.8) is 0 Å². The third-order valence-electron chi connectivity index (χ3n) is 6.80. The molecule has 29 heavy (non-hydrogen) atoms. The molecule has 1 saturated carbocycles. The zero-order valence-corrected chi connectivity index (χ0v) is 17.7. The highest BCUT2D eigenvalue weighted by molar-refractivity contribution is 5.99. The molecule has 0 atom stereocenters. The van der Waals surface area contributed by atoms with E-state index in [0.29, 0.717) is 18.7 Å². The van der Waals surface area contributed by atoms with Crippen LogP contribution in [0.25, 0.3) is 0 Å². The van der Waals surface area contributed by atoms with E-state index in [2.05, 4.69) is 10.2 Å². The minimum absolute atomic E-state index is 0.112. The van der Waals surface area contributed by atoms with Gasteiger partial charge in [-0.1, -0.05) is 18.9 Å². The Labute approximate surface area is 173 Å². The third-order valence-corrected chi connectivity index (χ3v) is 6.80. The van der Waals surface area contributed by atoms with E-state index in [1.54, 1.807) is 24.8 Å². The summed E-state index contributed by atoms with van der Waals surface area (Å²) in [6, 6.07) is 8.21. The van der Waals surface area contributed by atoms with Crippen molar-refractivity contribution in [2.24, 2.45) is 0 Å². The van der Waals surface area contributed by atoms with E-state index in [9.17, 15) is 9.59 Å². The summed E-state index contributed by atoms with van der Waals surface area (Å²) in [5, 5.41) is 2.84. The van der Waals surface area contributed by atoms with Crippen molar-refractivity contribution in [1.82, 2.24) is 15.1 Å². The molecule has 158 valence electrons.